The van der Waals surface area contributed by atoms with Crippen LogP contribution in [-0.4, -0.2) is 12.6 Å². The molecule has 2 aromatic rings. The highest BCUT2D eigenvalue weighted by molar-refractivity contribution is 5.83. The summed E-state index contributed by atoms with van der Waals surface area (Å²) in [6.07, 6.45) is 0. The molecule has 0 heterocycles. The van der Waals surface area contributed by atoms with Crippen LogP contribution < -0.4 is 11.1 Å². The summed E-state index contributed by atoms with van der Waals surface area (Å²) in [5.41, 5.74) is 8.47. The monoisotopic (exact) mass is 242 g/mol. The Balaban J connectivity index is 2.49. The molecule has 18 heavy (non-hydrogen) atoms. The Morgan fingerprint density at radius 3 is 2.28 bits per heavy atom. The standard InChI is InChI=1S/C16H22N2/c1-11-5-6-13-10-14(8-7-12(13)9-11)15(18-4)16(2,3)17/h5-10,15,18H,17H2,1-4H3. The molecule has 0 fully saturated rings. The maximum atomic E-state index is 6.23. The van der Waals surface area contributed by atoms with Crippen molar-refractivity contribution in [3.63, 3.8) is 0 Å². The molecule has 0 saturated heterocycles. The maximum absolute atomic E-state index is 6.23. The summed E-state index contributed by atoms with van der Waals surface area (Å²) < 4.78 is 0. The molecular formula is C16H22N2. The zero-order chi connectivity index (χ0) is 13.3. The van der Waals surface area contributed by atoms with Crippen molar-refractivity contribution in [1.82, 2.24) is 5.32 Å². The number of fused-ring (bicyclic) bond motifs is 1. The molecule has 3 N–H and O–H groups in total. The Bertz CT molecular complexity index is 553. The molecule has 0 aliphatic carbocycles. The lowest BCUT2D eigenvalue weighted by Crippen LogP contribution is -2.45. The normalized spacial score (nSPS) is 13.8. The van der Waals surface area contributed by atoms with E-state index in [2.05, 4.69) is 48.6 Å². The van der Waals surface area contributed by atoms with Crippen molar-refractivity contribution in [2.24, 2.45) is 5.73 Å². The maximum Gasteiger partial charge on any atom is 0.0495 e. The second kappa shape index (κ2) is 4.71. The molecule has 0 radical (unpaired) electrons. The molecule has 1 unspecified atom stereocenters. The van der Waals surface area contributed by atoms with E-state index >= 15 is 0 Å². The van der Waals surface area contributed by atoms with E-state index in [0.29, 0.717) is 0 Å². The van der Waals surface area contributed by atoms with E-state index in [1.54, 1.807) is 0 Å². The van der Waals surface area contributed by atoms with Crippen LogP contribution in [0.2, 0.25) is 0 Å². The number of hydrogen-bond donors (Lipinski definition) is 2. The van der Waals surface area contributed by atoms with Gasteiger partial charge in [0.2, 0.25) is 0 Å². The van der Waals surface area contributed by atoms with Gasteiger partial charge in [-0.2, -0.15) is 0 Å². The molecule has 0 aliphatic rings. The molecule has 0 aromatic heterocycles. The smallest absolute Gasteiger partial charge is 0.0495 e. The molecular weight excluding hydrogens is 220 g/mol. The number of aryl methyl sites for hydroxylation is 1. The molecule has 2 nitrogen and oxygen atoms in total. The van der Waals surface area contributed by atoms with Crippen molar-refractivity contribution >= 4 is 10.8 Å². The van der Waals surface area contributed by atoms with E-state index in [4.69, 9.17) is 5.73 Å². The average molecular weight is 242 g/mol. The number of nitrogens with two attached hydrogens (primary N) is 1. The minimum absolute atomic E-state index is 0.156. The van der Waals surface area contributed by atoms with Crippen LogP contribution in [0.25, 0.3) is 10.8 Å². The first kappa shape index (κ1) is 13.1. The zero-order valence-electron chi connectivity index (χ0n) is 11.6. The third-order valence-electron chi connectivity index (χ3n) is 3.39. The molecule has 2 rings (SSSR count). The van der Waals surface area contributed by atoms with Gasteiger partial charge in [-0.05, 0) is 50.2 Å². The largest absolute Gasteiger partial charge is 0.324 e. The van der Waals surface area contributed by atoms with E-state index in [0.717, 1.165) is 0 Å². The van der Waals surface area contributed by atoms with Gasteiger partial charge in [0.1, 0.15) is 0 Å². The van der Waals surface area contributed by atoms with Gasteiger partial charge in [-0.1, -0.05) is 35.9 Å². The van der Waals surface area contributed by atoms with Gasteiger partial charge in [-0.3, -0.25) is 0 Å². The molecule has 0 amide bonds. The molecule has 0 aliphatic heterocycles. The van der Waals surface area contributed by atoms with Gasteiger partial charge in [-0.25, -0.2) is 0 Å². The lowest BCUT2D eigenvalue weighted by atomic mass is 9.88. The highest BCUT2D eigenvalue weighted by Gasteiger charge is 2.25. The van der Waals surface area contributed by atoms with E-state index in [-0.39, 0.29) is 11.6 Å². The van der Waals surface area contributed by atoms with Gasteiger partial charge < -0.3 is 11.1 Å². The molecule has 2 aromatic carbocycles. The second-order valence-electron chi connectivity index (χ2n) is 5.65. The lowest BCUT2D eigenvalue weighted by molar-refractivity contribution is 0.370. The van der Waals surface area contributed by atoms with Crippen LogP contribution >= 0.6 is 0 Å². The molecule has 0 spiro atoms. The van der Waals surface area contributed by atoms with Crippen molar-refractivity contribution in [2.45, 2.75) is 32.4 Å². The summed E-state index contributed by atoms with van der Waals surface area (Å²) in [6, 6.07) is 13.2. The summed E-state index contributed by atoms with van der Waals surface area (Å²) >= 11 is 0. The van der Waals surface area contributed by atoms with Crippen LogP contribution in [0.3, 0.4) is 0 Å². The predicted octanol–water partition coefficient (Wildman–Crippen LogP) is 3.15. The topological polar surface area (TPSA) is 38.0 Å². The summed E-state index contributed by atoms with van der Waals surface area (Å²) in [5.74, 6) is 0. The highest BCUT2D eigenvalue weighted by atomic mass is 14.9. The van der Waals surface area contributed by atoms with E-state index < -0.39 is 0 Å². The van der Waals surface area contributed by atoms with Crippen molar-refractivity contribution < 1.29 is 0 Å². The second-order valence-corrected chi connectivity index (χ2v) is 5.65. The predicted molar refractivity (Wildman–Crippen MR) is 78.8 cm³/mol. The lowest BCUT2D eigenvalue weighted by Gasteiger charge is -2.30. The Morgan fingerprint density at radius 2 is 1.67 bits per heavy atom. The van der Waals surface area contributed by atoms with Crippen molar-refractivity contribution in [2.75, 3.05) is 7.05 Å². The Hall–Kier alpha value is -1.38. The van der Waals surface area contributed by atoms with Gasteiger partial charge in [0.15, 0.2) is 0 Å². The Morgan fingerprint density at radius 1 is 1.06 bits per heavy atom. The van der Waals surface area contributed by atoms with Gasteiger partial charge in [0.25, 0.3) is 0 Å². The number of hydrogen-bond acceptors (Lipinski definition) is 2. The van der Waals surface area contributed by atoms with Crippen LogP contribution in [-0.2, 0) is 0 Å². The minimum atomic E-state index is -0.285. The SMILES string of the molecule is CNC(c1ccc2cc(C)ccc2c1)C(C)(C)N. The number of likely N-dealkylation sites (N-methyl/N-ethyl adjacent to an activating group) is 1. The van der Waals surface area contributed by atoms with Gasteiger partial charge in [0, 0.05) is 11.6 Å². The molecule has 1 atom stereocenters. The van der Waals surface area contributed by atoms with Crippen molar-refractivity contribution in [3.8, 4) is 0 Å². The summed E-state index contributed by atoms with van der Waals surface area (Å²) in [5, 5.41) is 5.86. The van der Waals surface area contributed by atoms with E-state index in [1.807, 2.05) is 20.9 Å². The van der Waals surface area contributed by atoms with Crippen LogP contribution in [0, 0.1) is 6.92 Å². The van der Waals surface area contributed by atoms with Gasteiger partial charge in [-0.15, -0.1) is 0 Å². The van der Waals surface area contributed by atoms with E-state index in [9.17, 15) is 0 Å². The third-order valence-corrected chi connectivity index (χ3v) is 3.39. The summed E-state index contributed by atoms with van der Waals surface area (Å²) in [7, 11) is 1.96. The molecule has 96 valence electrons. The fraction of sp³-hybridized carbons (Fsp3) is 0.375. The first-order valence-electron chi connectivity index (χ1n) is 6.38. The fourth-order valence-corrected chi connectivity index (χ4v) is 2.53. The van der Waals surface area contributed by atoms with Gasteiger partial charge in [0.05, 0.1) is 0 Å². The third kappa shape index (κ3) is 2.55. The van der Waals surface area contributed by atoms with Gasteiger partial charge >= 0.3 is 0 Å². The van der Waals surface area contributed by atoms with Crippen LogP contribution in [0.1, 0.15) is 31.0 Å². The number of nitrogens with one attached hydrogen (secondary N) is 1. The van der Waals surface area contributed by atoms with Crippen LogP contribution in [0.5, 0.6) is 0 Å². The number of benzene rings is 2. The number of rotatable bonds is 3. The highest BCUT2D eigenvalue weighted by Crippen LogP contribution is 2.26. The van der Waals surface area contributed by atoms with E-state index in [1.165, 1.54) is 21.9 Å². The summed E-state index contributed by atoms with van der Waals surface area (Å²) in [4.78, 5) is 0. The molecule has 0 saturated carbocycles. The minimum Gasteiger partial charge on any atom is -0.324 e. The van der Waals surface area contributed by atoms with Crippen LogP contribution in [0.15, 0.2) is 36.4 Å². The molecule has 0 bridgehead atoms. The molecule has 2 heteroatoms. The van der Waals surface area contributed by atoms with Crippen LogP contribution in [0.4, 0.5) is 0 Å². The Kier molecular flexibility index (Phi) is 3.42. The summed E-state index contributed by atoms with van der Waals surface area (Å²) in [6.45, 7) is 6.22. The quantitative estimate of drug-likeness (QED) is 0.867. The first-order chi connectivity index (χ1) is 8.41. The first-order valence-corrected chi connectivity index (χ1v) is 6.38. The zero-order valence-corrected chi connectivity index (χ0v) is 11.6. The Labute approximate surface area is 109 Å². The average Bonchev–Trinajstić information content (AvgIpc) is 2.28. The van der Waals surface area contributed by atoms with Crippen molar-refractivity contribution in [1.29, 1.82) is 0 Å². The fourth-order valence-electron chi connectivity index (χ4n) is 2.53. The van der Waals surface area contributed by atoms with Crippen molar-refractivity contribution in [3.05, 3.63) is 47.5 Å².